The minimum Gasteiger partial charge on any atom is -0.476 e. The lowest BCUT2D eigenvalue weighted by Crippen LogP contribution is -2.03. The summed E-state index contributed by atoms with van der Waals surface area (Å²) in [6.45, 7) is 0. The average molecular weight is 299 g/mol. The quantitative estimate of drug-likeness (QED) is 0.823. The molecule has 0 aliphatic heterocycles. The number of rotatable bonds is 1. The van der Waals surface area contributed by atoms with E-state index < -0.39 is 5.97 Å². The molecular weight excluding hydrogens is 293 g/mol. The molecule has 1 aromatic heterocycles. The molecule has 0 radical (unpaired) electrons. The maximum atomic E-state index is 10.8. The number of hydrogen-bond acceptors (Lipinski definition) is 2. The molecule has 1 aromatic carbocycles. The zero-order chi connectivity index (χ0) is 10.1. The number of carboxylic acids is 1. The van der Waals surface area contributed by atoms with Gasteiger partial charge in [0.2, 0.25) is 0 Å². The average Bonchev–Trinajstić information content (AvgIpc) is 2.16. The fourth-order valence-corrected chi connectivity index (χ4v) is 1.93. The molecular formula is C10H6INO2. The molecule has 0 aliphatic carbocycles. The third kappa shape index (κ3) is 1.57. The standard InChI is InChI=1S/C10H6INO2/c11-7-5-6-3-1-2-4-8(6)12-9(7)10(13)14/h1-5H,(H,13,14). The molecule has 3 nitrogen and oxygen atoms in total. The molecule has 70 valence electrons. The topological polar surface area (TPSA) is 50.2 Å². The van der Waals surface area contributed by atoms with Gasteiger partial charge in [0.15, 0.2) is 5.69 Å². The molecule has 0 spiro atoms. The maximum absolute atomic E-state index is 10.8. The Morgan fingerprint density at radius 3 is 2.79 bits per heavy atom. The molecule has 0 saturated carbocycles. The van der Waals surface area contributed by atoms with Gasteiger partial charge in [0.1, 0.15) is 0 Å². The first-order chi connectivity index (χ1) is 6.68. The van der Waals surface area contributed by atoms with Crippen molar-refractivity contribution in [2.75, 3.05) is 0 Å². The smallest absolute Gasteiger partial charge is 0.355 e. The van der Waals surface area contributed by atoms with E-state index >= 15 is 0 Å². The highest BCUT2D eigenvalue weighted by atomic mass is 127. The fourth-order valence-electron chi connectivity index (χ4n) is 1.24. The fraction of sp³-hybridized carbons (Fsp3) is 0. The van der Waals surface area contributed by atoms with Crippen LogP contribution in [-0.4, -0.2) is 16.1 Å². The van der Waals surface area contributed by atoms with Crippen molar-refractivity contribution in [2.45, 2.75) is 0 Å². The van der Waals surface area contributed by atoms with Crippen LogP contribution in [0.5, 0.6) is 0 Å². The van der Waals surface area contributed by atoms with Gasteiger partial charge in [-0.1, -0.05) is 18.2 Å². The number of carbonyl (C=O) groups is 1. The third-order valence-corrected chi connectivity index (χ3v) is 2.70. The van der Waals surface area contributed by atoms with Crippen LogP contribution < -0.4 is 0 Å². The van der Waals surface area contributed by atoms with Crippen molar-refractivity contribution in [3.63, 3.8) is 0 Å². The van der Waals surface area contributed by atoms with Crippen LogP contribution >= 0.6 is 22.6 Å². The van der Waals surface area contributed by atoms with Crippen LogP contribution in [0.1, 0.15) is 10.5 Å². The van der Waals surface area contributed by atoms with Gasteiger partial charge in [0.05, 0.1) is 5.52 Å². The number of pyridine rings is 1. The second-order valence-electron chi connectivity index (χ2n) is 2.82. The number of aromatic carboxylic acids is 1. The Bertz CT molecular complexity index is 510. The largest absolute Gasteiger partial charge is 0.476 e. The van der Waals surface area contributed by atoms with E-state index in [1.807, 2.05) is 46.9 Å². The number of carboxylic acid groups (broad SMARTS) is 1. The lowest BCUT2D eigenvalue weighted by molar-refractivity contribution is 0.0689. The highest BCUT2D eigenvalue weighted by molar-refractivity contribution is 14.1. The van der Waals surface area contributed by atoms with E-state index in [9.17, 15) is 4.79 Å². The van der Waals surface area contributed by atoms with Gasteiger partial charge >= 0.3 is 5.97 Å². The van der Waals surface area contributed by atoms with Crippen molar-refractivity contribution in [2.24, 2.45) is 0 Å². The Kier molecular flexibility index (Phi) is 2.37. The maximum Gasteiger partial charge on any atom is 0.355 e. The van der Waals surface area contributed by atoms with Crippen molar-refractivity contribution in [3.05, 3.63) is 39.6 Å². The van der Waals surface area contributed by atoms with Crippen molar-refractivity contribution >= 4 is 39.5 Å². The Morgan fingerprint density at radius 2 is 2.07 bits per heavy atom. The van der Waals surface area contributed by atoms with Crippen LogP contribution in [0.25, 0.3) is 10.9 Å². The second kappa shape index (κ2) is 3.53. The predicted octanol–water partition coefficient (Wildman–Crippen LogP) is 2.54. The van der Waals surface area contributed by atoms with Crippen LogP contribution in [0.15, 0.2) is 30.3 Å². The molecule has 0 atom stereocenters. The molecule has 0 bridgehead atoms. The first-order valence-corrected chi connectivity index (χ1v) is 5.05. The lowest BCUT2D eigenvalue weighted by atomic mass is 10.2. The summed E-state index contributed by atoms with van der Waals surface area (Å²) in [7, 11) is 0. The molecule has 0 fully saturated rings. The molecule has 0 saturated heterocycles. The first-order valence-electron chi connectivity index (χ1n) is 3.97. The highest BCUT2D eigenvalue weighted by Crippen LogP contribution is 2.18. The zero-order valence-electron chi connectivity index (χ0n) is 7.07. The number of fused-ring (bicyclic) bond motifs is 1. The summed E-state index contributed by atoms with van der Waals surface area (Å²) in [5.74, 6) is -0.986. The van der Waals surface area contributed by atoms with Crippen LogP contribution in [0.2, 0.25) is 0 Å². The molecule has 0 aliphatic rings. The van der Waals surface area contributed by atoms with E-state index in [-0.39, 0.29) is 5.69 Å². The zero-order valence-corrected chi connectivity index (χ0v) is 9.22. The SMILES string of the molecule is O=C(O)c1nc2ccccc2cc1I. The van der Waals surface area contributed by atoms with Gasteiger partial charge in [0, 0.05) is 8.96 Å². The highest BCUT2D eigenvalue weighted by Gasteiger charge is 2.10. The first kappa shape index (κ1) is 9.39. The van der Waals surface area contributed by atoms with Crippen LogP contribution in [0, 0.1) is 3.57 Å². The number of nitrogens with zero attached hydrogens (tertiary/aromatic N) is 1. The van der Waals surface area contributed by atoms with Gasteiger partial charge in [-0.25, -0.2) is 9.78 Å². The number of benzene rings is 1. The molecule has 1 N–H and O–H groups in total. The van der Waals surface area contributed by atoms with Crippen molar-refractivity contribution in [1.82, 2.24) is 4.98 Å². The Labute approximate surface area is 93.9 Å². The van der Waals surface area contributed by atoms with Crippen molar-refractivity contribution in [3.8, 4) is 0 Å². The Hall–Kier alpha value is -1.17. The van der Waals surface area contributed by atoms with Gasteiger partial charge < -0.3 is 5.11 Å². The van der Waals surface area contributed by atoms with Gasteiger partial charge in [-0.15, -0.1) is 0 Å². The van der Waals surface area contributed by atoms with Gasteiger partial charge in [-0.05, 0) is 34.7 Å². The normalized spacial score (nSPS) is 10.4. The number of halogens is 1. The molecule has 4 heteroatoms. The van der Waals surface area contributed by atoms with E-state index in [0.717, 1.165) is 5.39 Å². The third-order valence-electron chi connectivity index (χ3n) is 1.88. The number of aromatic nitrogens is 1. The van der Waals surface area contributed by atoms with Gasteiger partial charge in [-0.3, -0.25) is 0 Å². The number of hydrogen-bond donors (Lipinski definition) is 1. The monoisotopic (exact) mass is 299 g/mol. The molecule has 2 rings (SSSR count). The Balaban J connectivity index is 2.77. The number of para-hydroxylation sites is 1. The molecule has 0 unspecified atom stereocenters. The second-order valence-corrected chi connectivity index (χ2v) is 3.98. The summed E-state index contributed by atoms with van der Waals surface area (Å²) < 4.78 is 0.661. The summed E-state index contributed by atoms with van der Waals surface area (Å²) in [6, 6.07) is 9.29. The van der Waals surface area contributed by atoms with E-state index in [2.05, 4.69) is 4.98 Å². The minimum atomic E-state index is -0.986. The van der Waals surface area contributed by atoms with Gasteiger partial charge in [-0.2, -0.15) is 0 Å². The molecule has 1 heterocycles. The van der Waals surface area contributed by atoms with E-state index in [0.29, 0.717) is 9.09 Å². The van der Waals surface area contributed by atoms with E-state index in [1.54, 1.807) is 6.07 Å². The summed E-state index contributed by atoms with van der Waals surface area (Å²) in [5.41, 5.74) is 0.828. The molecule has 14 heavy (non-hydrogen) atoms. The summed E-state index contributed by atoms with van der Waals surface area (Å²) in [5, 5.41) is 9.82. The van der Waals surface area contributed by atoms with Crippen LogP contribution in [-0.2, 0) is 0 Å². The summed E-state index contributed by atoms with van der Waals surface area (Å²) in [4.78, 5) is 14.9. The minimum absolute atomic E-state index is 0.115. The van der Waals surface area contributed by atoms with Crippen molar-refractivity contribution < 1.29 is 9.90 Å². The van der Waals surface area contributed by atoms with E-state index in [4.69, 9.17) is 5.11 Å². The summed E-state index contributed by atoms with van der Waals surface area (Å²) >= 11 is 1.98. The molecule has 0 amide bonds. The Morgan fingerprint density at radius 1 is 1.36 bits per heavy atom. The van der Waals surface area contributed by atoms with Crippen molar-refractivity contribution in [1.29, 1.82) is 0 Å². The lowest BCUT2D eigenvalue weighted by Gasteiger charge is -2.01. The van der Waals surface area contributed by atoms with E-state index in [1.165, 1.54) is 0 Å². The molecule has 2 aromatic rings. The van der Waals surface area contributed by atoms with Gasteiger partial charge in [0.25, 0.3) is 0 Å². The predicted molar refractivity (Wildman–Crippen MR) is 61.4 cm³/mol. The van der Waals surface area contributed by atoms with Crippen LogP contribution in [0.3, 0.4) is 0 Å². The van der Waals surface area contributed by atoms with Crippen LogP contribution in [0.4, 0.5) is 0 Å². The summed E-state index contributed by atoms with van der Waals surface area (Å²) in [6.07, 6.45) is 0.